The van der Waals surface area contributed by atoms with Crippen molar-refractivity contribution in [3.63, 3.8) is 0 Å². The molecular formula is C18H25N5O2. The summed E-state index contributed by atoms with van der Waals surface area (Å²) in [7, 11) is 0. The number of amides is 2. The molecule has 0 spiro atoms. The number of H-pyrrole nitrogens is 1. The van der Waals surface area contributed by atoms with Gasteiger partial charge in [0.15, 0.2) is 0 Å². The van der Waals surface area contributed by atoms with Crippen molar-refractivity contribution >= 4 is 17.8 Å². The number of aromatic amines is 1. The van der Waals surface area contributed by atoms with Crippen molar-refractivity contribution in [2.75, 3.05) is 5.32 Å². The molecular weight excluding hydrogens is 318 g/mol. The number of carbonyl (C=O) groups excluding carboxylic acids is 2. The van der Waals surface area contributed by atoms with Gasteiger partial charge in [0.1, 0.15) is 5.82 Å². The highest BCUT2D eigenvalue weighted by Gasteiger charge is 2.20. The molecule has 25 heavy (non-hydrogen) atoms. The van der Waals surface area contributed by atoms with Gasteiger partial charge in [-0.25, -0.2) is 0 Å². The van der Waals surface area contributed by atoms with Crippen LogP contribution in [-0.4, -0.2) is 27.0 Å². The van der Waals surface area contributed by atoms with E-state index in [9.17, 15) is 9.59 Å². The average Bonchev–Trinajstić information content (AvgIpc) is 3.01. The van der Waals surface area contributed by atoms with Gasteiger partial charge in [0.25, 0.3) is 5.91 Å². The Labute approximate surface area is 147 Å². The van der Waals surface area contributed by atoms with Gasteiger partial charge >= 0.3 is 0 Å². The fraction of sp³-hybridized carbons (Fsp3) is 0.444. The molecule has 7 heteroatoms. The smallest absolute Gasteiger partial charge is 0.258 e. The van der Waals surface area contributed by atoms with Crippen LogP contribution >= 0.6 is 0 Å². The summed E-state index contributed by atoms with van der Waals surface area (Å²) in [6, 6.07) is 7.05. The summed E-state index contributed by atoms with van der Waals surface area (Å²) >= 11 is 0. The molecule has 0 aliphatic heterocycles. The lowest BCUT2D eigenvalue weighted by Gasteiger charge is -2.17. The maximum atomic E-state index is 12.2. The van der Waals surface area contributed by atoms with Crippen molar-refractivity contribution in [1.82, 2.24) is 20.5 Å². The minimum absolute atomic E-state index is 0.0140. The van der Waals surface area contributed by atoms with Crippen LogP contribution in [0.4, 0.5) is 5.95 Å². The van der Waals surface area contributed by atoms with E-state index in [0.717, 1.165) is 11.4 Å². The van der Waals surface area contributed by atoms with E-state index in [-0.39, 0.29) is 23.7 Å². The maximum absolute atomic E-state index is 12.2. The van der Waals surface area contributed by atoms with E-state index in [2.05, 4.69) is 25.8 Å². The first-order valence-electron chi connectivity index (χ1n) is 8.27. The number of anilines is 1. The molecule has 0 bridgehead atoms. The molecule has 0 fully saturated rings. The monoisotopic (exact) mass is 343 g/mol. The summed E-state index contributed by atoms with van der Waals surface area (Å²) in [5.74, 6) is 0.899. The molecule has 2 aromatic rings. The number of nitrogens with zero attached hydrogens (tertiary/aromatic N) is 2. The first kappa shape index (κ1) is 18.6. The predicted molar refractivity (Wildman–Crippen MR) is 96.2 cm³/mol. The number of carbonyl (C=O) groups is 2. The van der Waals surface area contributed by atoms with E-state index < -0.39 is 5.41 Å². The van der Waals surface area contributed by atoms with Crippen LogP contribution in [0.1, 0.15) is 62.3 Å². The Hall–Kier alpha value is -2.70. The zero-order valence-electron chi connectivity index (χ0n) is 15.3. The Morgan fingerprint density at radius 1 is 1.16 bits per heavy atom. The highest BCUT2D eigenvalue weighted by atomic mass is 16.2. The average molecular weight is 343 g/mol. The summed E-state index contributed by atoms with van der Waals surface area (Å²) in [6.07, 6.45) is 0. The maximum Gasteiger partial charge on any atom is 0.258 e. The van der Waals surface area contributed by atoms with Gasteiger partial charge in [-0.1, -0.05) is 46.8 Å². The van der Waals surface area contributed by atoms with E-state index in [1.807, 2.05) is 46.8 Å². The number of benzene rings is 1. The second kappa shape index (κ2) is 7.46. The van der Waals surface area contributed by atoms with Gasteiger partial charge in [0.05, 0.1) is 0 Å². The van der Waals surface area contributed by atoms with Crippen LogP contribution in [0.25, 0.3) is 0 Å². The highest BCUT2D eigenvalue weighted by molar-refractivity contribution is 6.03. The molecule has 1 heterocycles. The summed E-state index contributed by atoms with van der Waals surface area (Å²) < 4.78 is 0. The fourth-order valence-corrected chi connectivity index (χ4v) is 1.98. The minimum Gasteiger partial charge on any atom is -0.352 e. The number of aromatic nitrogens is 3. The number of rotatable bonds is 5. The third-order valence-corrected chi connectivity index (χ3v) is 3.63. The van der Waals surface area contributed by atoms with E-state index in [4.69, 9.17) is 0 Å². The first-order valence-corrected chi connectivity index (χ1v) is 8.27. The molecule has 0 aliphatic carbocycles. The van der Waals surface area contributed by atoms with Gasteiger partial charge in [0, 0.05) is 23.4 Å². The lowest BCUT2D eigenvalue weighted by atomic mass is 9.95. The Kier molecular flexibility index (Phi) is 5.56. The third kappa shape index (κ3) is 5.14. The van der Waals surface area contributed by atoms with E-state index in [1.54, 1.807) is 12.1 Å². The van der Waals surface area contributed by atoms with Crippen LogP contribution in [0.15, 0.2) is 24.3 Å². The second-order valence-electron chi connectivity index (χ2n) is 7.28. The van der Waals surface area contributed by atoms with Gasteiger partial charge in [-0.3, -0.25) is 20.0 Å². The second-order valence-corrected chi connectivity index (χ2v) is 7.28. The molecule has 0 saturated carbocycles. The molecule has 0 unspecified atom stereocenters. The molecule has 0 radical (unpaired) electrons. The van der Waals surface area contributed by atoms with Crippen molar-refractivity contribution < 1.29 is 9.59 Å². The van der Waals surface area contributed by atoms with E-state index >= 15 is 0 Å². The third-order valence-electron chi connectivity index (χ3n) is 3.63. The fourth-order valence-electron chi connectivity index (χ4n) is 1.98. The topological polar surface area (TPSA) is 99.8 Å². The van der Waals surface area contributed by atoms with Crippen molar-refractivity contribution in [2.45, 2.75) is 47.1 Å². The van der Waals surface area contributed by atoms with Gasteiger partial charge in [0.2, 0.25) is 11.9 Å². The van der Waals surface area contributed by atoms with Gasteiger partial charge in [-0.2, -0.15) is 4.98 Å². The molecule has 3 N–H and O–H groups in total. The van der Waals surface area contributed by atoms with Crippen molar-refractivity contribution in [1.29, 1.82) is 0 Å². The number of hydrogen-bond acceptors (Lipinski definition) is 4. The van der Waals surface area contributed by atoms with E-state index in [0.29, 0.717) is 12.1 Å². The normalized spacial score (nSPS) is 11.4. The van der Waals surface area contributed by atoms with Crippen LogP contribution < -0.4 is 10.6 Å². The zero-order valence-corrected chi connectivity index (χ0v) is 15.3. The van der Waals surface area contributed by atoms with Crippen LogP contribution in [-0.2, 0) is 11.3 Å². The minimum atomic E-state index is -0.425. The van der Waals surface area contributed by atoms with Crippen molar-refractivity contribution in [3.8, 4) is 0 Å². The standard InChI is InChI=1S/C18H25N5O2/c1-11(2)14-20-17(23-22-14)21-15(24)13-8-6-12(7-9-13)10-19-16(25)18(3,4)5/h6-9,11H,10H2,1-5H3,(H,19,25)(H2,20,21,22,23,24). The zero-order chi connectivity index (χ0) is 18.6. The van der Waals surface area contributed by atoms with Crippen molar-refractivity contribution in [3.05, 3.63) is 41.2 Å². The molecule has 0 aliphatic rings. The van der Waals surface area contributed by atoms with Crippen LogP contribution in [0.3, 0.4) is 0 Å². The molecule has 134 valence electrons. The molecule has 1 aromatic carbocycles. The Morgan fingerprint density at radius 3 is 2.32 bits per heavy atom. The van der Waals surface area contributed by atoms with Gasteiger partial charge in [-0.05, 0) is 17.7 Å². The molecule has 2 rings (SSSR count). The van der Waals surface area contributed by atoms with Crippen LogP contribution in [0, 0.1) is 5.41 Å². The summed E-state index contributed by atoms with van der Waals surface area (Å²) in [5, 5.41) is 12.3. The summed E-state index contributed by atoms with van der Waals surface area (Å²) in [6.45, 7) is 10.00. The molecule has 7 nitrogen and oxygen atoms in total. The number of hydrogen-bond donors (Lipinski definition) is 3. The Bertz CT molecular complexity index is 742. The largest absolute Gasteiger partial charge is 0.352 e. The predicted octanol–water partition coefficient (Wildman–Crippen LogP) is 2.84. The lowest BCUT2D eigenvalue weighted by Crippen LogP contribution is -2.34. The Morgan fingerprint density at radius 2 is 1.80 bits per heavy atom. The number of nitrogens with one attached hydrogen (secondary N) is 3. The SMILES string of the molecule is CC(C)c1nc(NC(=O)c2ccc(CNC(=O)C(C)(C)C)cc2)n[nH]1. The Balaban J connectivity index is 1.94. The van der Waals surface area contributed by atoms with Gasteiger partial charge < -0.3 is 5.32 Å². The van der Waals surface area contributed by atoms with Crippen molar-refractivity contribution in [2.24, 2.45) is 5.41 Å². The van der Waals surface area contributed by atoms with E-state index in [1.165, 1.54) is 0 Å². The summed E-state index contributed by atoms with van der Waals surface area (Å²) in [5.41, 5.74) is 1.00. The first-order chi connectivity index (χ1) is 11.7. The summed E-state index contributed by atoms with van der Waals surface area (Å²) in [4.78, 5) is 28.3. The molecule has 0 atom stereocenters. The lowest BCUT2D eigenvalue weighted by molar-refractivity contribution is -0.128. The quantitative estimate of drug-likeness (QED) is 0.777. The van der Waals surface area contributed by atoms with Crippen LogP contribution in [0.2, 0.25) is 0 Å². The molecule has 0 saturated heterocycles. The molecule has 1 aromatic heterocycles. The van der Waals surface area contributed by atoms with Crippen LogP contribution in [0.5, 0.6) is 0 Å². The highest BCUT2D eigenvalue weighted by Crippen LogP contribution is 2.14. The van der Waals surface area contributed by atoms with Gasteiger partial charge in [-0.15, -0.1) is 5.10 Å². The molecule has 2 amide bonds.